The molecule has 5 nitrogen and oxygen atoms in total. The topological polar surface area (TPSA) is 75.6 Å². The van der Waals surface area contributed by atoms with Crippen LogP contribution in [-0.2, 0) is 9.59 Å². The molecule has 0 unspecified atom stereocenters. The van der Waals surface area contributed by atoms with Gasteiger partial charge in [-0.25, -0.2) is 4.39 Å². The molecule has 0 radical (unpaired) electrons. The minimum absolute atomic E-state index is 0.211. The Morgan fingerprint density at radius 3 is 2.82 bits per heavy atom. The van der Waals surface area contributed by atoms with Gasteiger partial charge in [0.05, 0.1) is 0 Å². The first-order valence-corrected chi connectivity index (χ1v) is 4.89. The maximum absolute atomic E-state index is 12.7. The molecule has 2 N–H and O–H groups in total. The van der Waals surface area contributed by atoms with Crippen molar-refractivity contribution >= 4 is 11.9 Å². The molecule has 92 valence electrons. The van der Waals surface area contributed by atoms with E-state index in [9.17, 15) is 14.0 Å². The van der Waals surface area contributed by atoms with Crippen LogP contribution in [0.15, 0.2) is 24.3 Å². The molecule has 0 fully saturated rings. The predicted molar refractivity (Wildman–Crippen MR) is 57.1 cm³/mol. The van der Waals surface area contributed by atoms with Crippen molar-refractivity contribution in [1.29, 1.82) is 0 Å². The van der Waals surface area contributed by atoms with Crippen LogP contribution in [0.1, 0.15) is 6.92 Å². The summed E-state index contributed by atoms with van der Waals surface area (Å²) < 4.78 is 17.7. The molecule has 17 heavy (non-hydrogen) atoms. The second-order valence-corrected chi connectivity index (χ2v) is 3.37. The molecule has 1 aromatic carbocycles. The van der Waals surface area contributed by atoms with Gasteiger partial charge in [-0.1, -0.05) is 6.07 Å². The number of carboxylic acids is 1. The Bertz CT molecular complexity index is 422. The van der Waals surface area contributed by atoms with Crippen LogP contribution in [0.3, 0.4) is 0 Å². The van der Waals surface area contributed by atoms with Crippen molar-refractivity contribution in [2.24, 2.45) is 0 Å². The third-order valence-corrected chi connectivity index (χ3v) is 1.91. The first-order valence-electron chi connectivity index (χ1n) is 4.89. The third-order valence-electron chi connectivity index (χ3n) is 1.91. The predicted octanol–water partition coefficient (Wildman–Crippen LogP) is 0.794. The number of halogens is 1. The second-order valence-electron chi connectivity index (χ2n) is 3.37. The van der Waals surface area contributed by atoms with E-state index in [4.69, 9.17) is 9.84 Å². The number of aliphatic carboxylic acids is 1. The van der Waals surface area contributed by atoms with E-state index in [1.54, 1.807) is 0 Å². The highest BCUT2D eigenvalue weighted by Gasteiger charge is 2.13. The molecule has 1 rings (SSSR count). The lowest BCUT2D eigenvalue weighted by Gasteiger charge is -2.10. The molecule has 0 aliphatic heterocycles. The summed E-state index contributed by atoms with van der Waals surface area (Å²) in [6.45, 7) is 0.976. The standard InChI is InChI=1S/C11H12FNO4/c1-7(11(15)16)13-10(14)6-17-9-4-2-3-8(12)5-9/h2-5,7H,6H2,1H3,(H,13,14)(H,15,16)/t7-/m1/s1. The highest BCUT2D eigenvalue weighted by atomic mass is 19.1. The van der Waals surface area contributed by atoms with Gasteiger partial charge in [-0.2, -0.15) is 0 Å². The van der Waals surface area contributed by atoms with Gasteiger partial charge in [-0.05, 0) is 19.1 Å². The second kappa shape index (κ2) is 5.83. The van der Waals surface area contributed by atoms with E-state index in [-0.39, 0.29) is 12.4 Å². The zero-order valence-electron chi connectivity index (χ0n) is 9.14. The number of nitrogens with one attached hydrogen (secondary N) is 1. The molecule has 0 bridgehead atoms. The smallest absolute Gasteiger partial charge is 0.325 e. The van der Waals surface area contributed by atoms with Gasteiger partial charge in [-0.3, -0.25) is 9.59 Å². The Kier molecular flexibility index (Phi) is 4.45. The number of carboxylic acid groups (broad SMARTS) is 1. The number of carbonyl (C=O) groups excluding carboxylic acids is 1. The monoisotopic (exact) mass is 241 g/mol. The van der Waals surface area contributed by atoms with E-state index in [2.05, 4.69) is 5.32 Å². The van der Waals surface area contributed by atoms with Gasteiger partial charge < -0.3 is 15.2 Å². The summed E-state index contributed by atoms with van der Waals surface area (Å²) in [5.74, 6) is -1.97. The molecular formula is C11H12FNO4. The molecule has 0 aliphatic rings. The number of carbonyl (C=O) groups is 2. The van der Waals surface area contributed by atoms with Gasteiger partial charge in [0, 0.05) is 6.07 Å². The molecule has 6 heteroatoms. The van der Waals surface area contributed by atoms with Crippen molar-refractivity contribution < 1.29 is 23.8 Å². The molecular weight excluding hydrogens is 229 g/mol. The van der Waals surface area contributed by atoms with Gasteiger partial charge in [-0.15, -0.1) is 0 Å². The van der Waals surface area contributed by atoms with Crippen LogP contribution in [0.4, 0.5) is 4.39 Å². The maximum Gasteiger partial charge on any atom is 0.325 e. The van der Waals surface area contributed by atoms with Crippen molar-refractivity contribution in [2.45, 2.75) is 13.0 Å². The largest absolute Gasteiger partial charge is 0.484 e. The Balaban J connectivity index is 2.41. The van der Waals surface area contributed by atoms with Crippen LogP contribution >= 0.6 is 0 Å². The van der Waals surface area contributed by atoms with Crippen LogP contribution in [0.2, 0.25) is 0 Å². The van der Waals surface area contributed by atoms with E-state index < -0.39 is 23.7 Å². The lowest BCUT2D eigenvalue weighted by atomic mass is 10.3. The summed E-state index contributed by atoms with van der Waals surface area (Å²) in [6, 6.07) is 4.34. The number of benzene rings is 1. The highest BCUT2D eigenvalue weighted by molar-refractivity contribution is 5.84. The summed E-state index contributed by atoms with van der Waals surface area (Å²) in [6.07, 6.45) is 0. The molecule has 1 aromatic rings. The fraction of sp³-hybridized carbons (Fsp3) is 0.273. The Labute approximate surface area is 97.2 Å². The van der Waals surface area contributed by atoms with E-state index in [0.29, 0.717) is 0 Å². The highest BCUT2D eigenvalue weighted by Crippen LogP contribution is 2.11. The van der Waals surface area contributed by atoms with Crippen LogP contribution in [0.5, 0.6) is 5.75 Å². The van der Waals surface area contributed by atoms with Crippen molar-refractivity contribution in [3.63, 3.8) is 0 Å². The van der Waals surface area contributed by atoms with Crippen LogP contribution in [-0.4, -0.2) is 29.6 Å². The number of ether oxygens (including phenoxy) is 1. The van der Waals surface area contributed by atoms with E-state index in [1.807, 2.05) is 0 Å². The molecule has 0 aliphatic carbocycles. The minimum Gasteiger partial charge on any atom is -0.484 e. The molecule has 0 saturated carbocycles. The van der Waals surface area contributed by atoms with Gasteiger partial charge in [0.2, 0.25) is 0 Å². The molecule has 0 heterocycles. The van der Waals surface area contributed by atoms with Crippen LogP contribution in [0.25, 0.3) is 0 Å². The summed E-state index contributed by atoms with van der Waals surface area (Å²) in [5, 5.41) is 10.8. The normalized spacial score (nSPS) is 11.6. The van der Waals surface area contributed by atoms with Crippen molar-refractivity contribution in [2.75, 3.05) is 6.61 Å². The quantitative estimate of drug-likeness (QED) is 0.799. The lowest BCUT2D eigenvalue weighted by molar-refractivity contribution is -0.141. The van der Waals surface area contributed by atoms with E-state index in [1.165, 1.54) is 25.1 Å². The number of hydrogen-bond donors (Lipinski definition) is 2. The zero-order valence-corrected chi connectivity index (χ0v) is 9.14. The zero-order chi connectivity index (χ0) is 12.8. The average Bonchev–Trinajstić information content (AvgIpc) is 2.26. The number of amides is 1. The van der Waals surface area contributed by atoms with Gasteiger partial charge in [0.1, 0.15) is 17.6 Å². The summed E-state index contributed by atoms with van der Waals surface area (Å²) in [7, 11) is 0. The fourth-order valence-corrected chi connectivity index (χ4v) is 1.05. The van der Waals surface area contributed by atoms with Crippen LogP contribution < -0.4 is 10.1 Å². The SMILES string of the molecule is C[C@@H](NC(=O)COc1cccc(F)c1)C(=O)O. The Hall–Kier alpha value is -2.11. The summed E-state index contributed by atoms with van der Waals surface area (Å²) in [5.41, 5.74) is 0. The minimum atomic E-state index is -1.14. The average molecular weight is 241 g/mol. The molecule has 1 atom stereocenters. The fourth-order valence-electron chi connectivity index (χ4n) is 1.05. The summed E-state index contributed by atoms with van der Waals surface area (Å²) >= 11 is 0. The first-order chi connectivity index (χ1) is 7.99. The maximum atomic E-state index is 12.7. The van der Waals surface area contributed by atoms with Crippen LogP contribution in [0, 0.1) is 5.82 Å². The number of rotatable bonds is 5. The molecule has 1 amide bonds. The van der Waals surface area contributed by atoms with Gasteiger partial charge in [0.25, 0.3) is 5.91 Å². The number of hydrogen-bond acceptors (Lipinski definition) is 3. The Morgan fingerprint density at radius 2 is 2.24 bits per heavy atom. The van der Waals surface area contributed by atoms with Crippen molar-refractivity contribution in [1.82, 2.24) is 5.32 Å². The first kappa shape index (κ1) is 13.0. The van der Waals surface area contributed by atoms with Crippen molar-refractivity contribution in [3.8, 4) is 5.75 Å². The molecule has 0 spiro atoms. The molecule has 0 aromatic heterocycles. The molecule has 0 saturated heterocycles. The third kappa shape index (κ3) is 4.50. The Morgan fingerprint density at radius 1 is 1.53 bits per heavy atom. The van der Waals surface area contributed by atoms with Gasteiger partial charge in [0.15, 0.2) is 6.61 Å². The van der Waals surface area contributed by atoms with Gasteiger partial charge >= 0.3 is 5.97 Å². The lowest BCUT2D eigenvalue weighted by Crippen LogP contribution is -2.40. The van der Waals surface area contributed by atoms with E-state index >= 15 is 0 Å². The summed E-state index contributed by atoms with van der Waals surface area (Å²) in [4.78, 5) is 21.7. The van der Waals surface area contributed by atoms with Crippen molar-refractivity contribution in [3.05, 3.63) is 30.1 Å². The van der Waals surface area contributed by atoms with E-state index in [0.717, 1.165) is 6.07 Å².